The van der Waals surface area contributed by atoms with Gasteiger partial charge >= 0.3 is 0 Å². The van der Waals surface area contributed by atoms with Crippen molar-refractivity contribution in [3.05, 3.63) is 83.9 Å². The summed E-state index contributed by atoms with van der Waals surface area (Å²) < 4.78 is 33.7. The molecule has 168 valence electrons. The molecule has 0 radical (unpaired) electrons. The Balaban J connectivity index is 1.89. The Bertz CT molecular complexity index is 1170. The summed E-state index contributed by atoms with van der Waals surface area (Å²) in [5.41, 5.74) is 2.78. The molecule has 0 atom stereocenters. The first-order chi connectivity index (χ1) is 15.2. The Morgan fingerprint density at radius 3 is 2.22 bits per heavy atom. The van der Waals surface area contributed by atoms with Crippen molar-refractivity contribution >= 4 is 27.3 Å². The SMILES string of the molecule is Cc1cccc(N(CC(=O)Nc2ccc(OC(C)C)cc2)S(=O)(=O)c2ccccc2)c1C. The smallest absolute Gasteiger partial charge is 0.264 e. The fourth-order valence-electron chi connectivity index (χ4n) is 3.25. The van der Waals surface area contributed by atoms with Gasteiger partial charge in [-0.15, -0.1) is 0 Å². The predicted molar refractivity (Wildman–Crippen MR) is 128 cm³/mol. The minimum absolute atomic E-state index is 0.0461. The maximum atomic E-state index is 13.5. The summed E-state index contributed by atoms with van der Waals surface area (Å²) in [5, 5.41) is 2.78. The normalized spacial score (nSPS) is 11.3. The van der Waals surface area contributed by atoms with Gasteiger partial charge in [0, 0.05) is 5.69 Å². The number of ether oxygens (including phenoxy) is 1. The quantitative estimate of drug-likeness (QED) is 0.526. The van der Waals surface area contributed by atoms with Crippen LogP contribution >= 0.6 is 0 Å². The maximum absolute atomic E-state index is 13.5. The summed E-state index contributed by atoms with van der Waals surface area (Å²) in [7, 11) is -3.95. The number of carbonyl (C=O) groups is 1. The number of sulfonamides is 1. The minimum Gasteiger partial charge on any atom is -0.491 e. The van der Waals surface area contributed by atoms with E-state index in [1.54, 1.807) is 54.6 Å². The molecule has 0 heterocycles. The molecule has 0 fully saturated rings. The lowest BCUT2D eigenvalue weighted by atomic mass is 10.1. The van der Waals surface area contributed by atoms with Crippen LogP contribution in [0.1, 0.15) is 25.0 Å². The number of anilines is 2. The van der Waals surface area contributed by atoms with E-state index in [-0.39, 0.29) is 17.5 Å². The molecule has 1 N–H and O–H groups in total. The van der Waals surface area contributed by atoms with Crippen molar-refractivity contribution in [3.8, 4) is 5.75 Å². The zero-order valence-electron chi connectivity index (χ0n) is 18.7. The van der Waals surface area contributed by atoms with Crippen LogP contribution in [0, 0.1) is 13.8 Å². The molecule has 6 nitrogen and oxygen atoms in total. The van der Waals surface area contributed by atoms with E-state index in [9.17, 15) is 13.2 Å². The second-order valence-electron chi connectivity index (χ2n) is 7.78. The van der Waals surface area contributed by atoms with Crippen LogP contribution in [0.3, 0.4) is 0 Å². The summed E-state index contributed by atoms with van der Waals surface area (Å²) >= 11 is 0. The van der Waals surface area contributed by atoms with Gasteiger partial charge in [0.15, 0.2) is 0 Å². The van der Waals surface area contributed by atoms with Gasteiger partial charge in [-0.25, -0.2) is 8.42 Å². The van der Waals surface area contributed by atoms with Crippen molar-refractivity contribution in [2.75, 3.05) is 16.2 Å². The second kappa shape index (κ2) is 9.87. The topological polar surface area (TPSA) is 75.7 Å². The molecule has 7 heteroatoms. The van der Waals surface area contributed by atoms with E-state index >= 15 is 0 Å². The fraction of sp³-hybridized carbons (Fsp3) is 0.240. The average Bonchev–Trinajstić information content (AvgIpc) is 2.76. The van der Waals surface area contributed by atoms with Gasteiger partial charge in [0.25, 0.3) is 10.0 Å². The molecule has 1 amide bonds. The summed E-state index contributed by atoms with van der Waals surface area (Å²) in [5.74, 6) is 0.254. The monoisotopic (exact) mass is 452 g/mol. The van der Waals surface area contributed by atoms with Gasteiger partial charge < -0.3 is 10.1 Å². The number of hydrogen-bond acceptors (Lipinski definition) is 4. The largest absolute Gasteiger partial charge is 0.491 e. The third-order valence-electron chi connectivity index (χ3n) is 4.97. The van der Waals surface area contributed by atoms with Crippen LogP contribution < -0.4 is 14.4 Å². The van der Waals surface area contributed by atoms with Crippen molar-refractivity contribution in [2.45, 2.75) is 38.7 Å². The molecule has 0 unspecified atom stereocenters. The molecule has 0 saturated heterocycles. The van der Waals surface area contributed by atoms with Gasteiger partial charge in [0.2, 0.25) is 5.91 Å². The lowest BCUT2D eigenvalue weighted by molar-refractivity contribution is -0.114. The third-order valence-corrected chi connectivity index (χ3v) is 6.75. The molecule has 3 rings (SSSR count). The molecule has 0 saturated carbocycles. The van der Waals surface area contributed by atoms with Gasteiger partial charge in [-0.2, -0.15) is 0 Å². The Morgan fingerprint density at radius 2 is 1.59 bits per heavy atom. The molecule has 32 heavy (non-hydrogen) atoms. The lowest BCUT2D eigenvalue weighted by Crippen LogP contribution is -2.38. The van der Waals surface area contributed by atoms with Crippen LogP contribution in [0.25, 0.3) is 0 Å². The highest BCUT2D eigenvalue weighted by Gasteiger charge is 2.28. The van der Waals surface area contributed by atoms with Crippen LogP contribution in [0.15, 0.2) is 77.7 Å². The zero-order valence-corrected chi connectivity index (χ0v) is 19.5. The molecule has 3 aromatic carbocycles. The van der Waals surface area contributed by atoms with E-state index in [0.29, 0.717) is 17.1 Å². The number of rotatable bonds is 8. The summed E-state index contributed by atoms with van der Waals surface area (Å²) in [6, 6.07) is 20.5. The van der Waals surface area contributed by atoms with E-state index in [1.165, 1.54) is 12.1 Å². The summed E-state index contributed by atoms with van der Waals surface area (Å²) in [6.45, 7) is 7.28. The molecule has 0 aliphatic rings. The first-order valence-corrected chi connectivity index (χ1v) is 11.8. The Kier molecular flexibility index (Phi) is 7.20. The lowest BCUT2D eigenvalue weighted by Gasteiger charge is -2.26. The Labute approximate surface area is 189 Å². The highest BCUT2D eigenvalue weighted by atomic mass is 32.2. The first kappa shape index (κ1) is 23.3. The van der Waals surface area contributed by atoms with Crippen molar-refractivity contribution in [1.82, 2.24) is 0 Å². The van der Waals surface area contributed by atoms with E-state index in [0.717, 1.165) is 15.4 Å². The molecule has 0 spiro atoms. The van der Waals surface area contributed by atoms with Crippen LogP contribution in [0.5, 0.6) is 5.75 Å². The number of nitrogens with one attached hydrogen (secondary N) is 1. The molecule has 0 bridgehead atoms. The predicted octanol–water partition coefficient (Wildman–Crippen LogP) is 4.92. The van der Waals surface area contributed by atoms with Gasteiger partial charge in [-0.1, -0.05) is 30.3 Å². The van der Waals surface area contributed by atoms with Gasteiger partial charge in [0.1, 0.15) is 12.3 Å². The van der Waals surface area contributed by atoms with Crippen molar-refractivity contribution in [2.24, 2.45) is 0 Å². The first-order valence-electron chi connectivity index (χ1n) is 10.4. The highest BCUT2D eigenvalue weighted by molar-refractivity contribution is 7.92. The standard InChI is InChI=1S/C25H28N2O4S/c1-18(2)31-22-15-13-21(14-16-22)26-25(28)17-27(24-12-8-9-19(3)20(24)4)32(29,30)23-10-6-5-7-11-23/h5-16,18H,17H2,1-4H3,(H,26,28). The molecule has 3 aromatic rings. The molecule has 0 aliphatic carbocycles. The number of aryl methyl sites for hydroxylation is 1. The molecular weight excluding hydrogens is 424 g/mol. The van der Waals surface area contributed by atoms with Gasteiger partial charge in [-0.3, -0.25) is 9.10 Å². The van der Waals surface area contributed by atoms with E-state index in [2.05, 4.69) is 5.32 Å². The average molecular weight is 453 g/mol. The van der Waals surface area contributed by atoms with Crippen molar-refractivity contribution in [1.29, 1.82) is 0 Å². The second-order valence-corrected chi connectivity index (χ2v) is 9.65. The molecule has 0 aromatic heterocycles. The van der Waals surface area contributed by atoms with Gasteiger partial charge in [-0.05, 0) is 81.3 Å². The Hall–Kier alpha value is -3.32. The number of amides is 1. The fourth-order valence-corrected chi connectivity index (χ4v) is 4.74. The number of benzene rings is 3. The van der Waals surface area contributed by atoms with Crippen LogP contribution in [-0.4, -0.2) is 27.0 Å². The highest BCUT2D eigenvalue weighted by Crippen LogP contribution is 2.28. The minimum atomic E-state index is -3.95. The molecular formula is C25H28N2O4S. The Morgan fingerprint density at radius 1 is 0.938 bits per heavy atom. The van der Waals surface area contributed by atoms with Crippen molar-refractivity contribution in [3.63, 3.8) is 0 Å². The third kappa shape index (κ3) is 5.48. The summed E-state index contributed by atoms with van der Waals surface area (Å²) in [6.07, 6.45) is 0.0461. The number of nitrogens with zero attached hydrogens (tertiary/aromatic N) is 1. The van der Waals surface area contributed by atoms with Gasteiger partial charge in [0.05, 0.1) is 16.7 Å². The van der Waals surface area contributed by atoms with Crippen molar-refractivity contribution < 1.29 is 17.9 Å². The van der Waals surface area contributed by atoms with E-state index in [1.807, 2.05) is 33.8 Å². The van der Waals surface area contributed by atoms with Crippen LogP contribution in [-0.2, 0) is 14.8 Å². The van der Waals surface area contributed by atoms with E-state index in [4.69, 9.17) is 4.74 Å². The zero-order chi connectivity index (χ0) is 23.3. The molecule has 0 aliphatic heterocycles. The van der Waals surface area contributed by atoms with E-state index < -0.39 is 15.9 Å². The summed E-state index contributed by atoms with van der Waals surface area (Å²) in [4.78, 5) is 13.0. The van der Waals surface area contributed by atoms with Crippen LogP contribution in [0.4, 0.5) is 11.4 Å². The maximum Gasteiger partial charge on any atom is 0.264 e. The number of hydrogen-bond donors (Lipinski definition) is 1. The number of carbonyl (C=O) groups excluding carboxylic acids is 1. The van der Waals surface area contributed by atoms with Crippen LogP contribution in [0.2, 0.25) is 0 Å².